The fourth-order valence-electron chi connectivity index (χ4n) is 3.45. The van der Waals surface area contributed by atoms with Crippen LogP contribution in [0.4, 0.5) is 5.69 Å². The van der Waals surface area contributed by atoms with E-state index in [-0.39, 0.29) is 0 Å². The summed E-state index contributed by atoms with van der Waals surface area (Å²) >= 11 is 0. The SMILES string of the molecule is COc1ccc(N2CC3CCc4cc(OC)ccc4C3=N2)cc1. The first-order valence-corrected chi connectivity index (χ1v) is 7.96. The highest BCUT2D eigenvalue weighted by Gasteiger charge is 2.33. The highest BCUT2D eigenvalue weighted by Crippen LogP contribution is 2.35. The molecule has 4 rings (SSSR count). The van der Waals surface area contributed by atoms with E-state index in [1.54, 1.807) is 14.2 Å². The number of aryl methyl sites for hydroxylation is 1. The number of anilines is 1. The standard InChI is InChI=1S/C19H20N2O2/c1-22-16-7-5-15(6-8-16)21-12-14-4-3-13-11-17(23-2)9-10-18(13)19(14)20-21/h5-11,14H,3-4,12H2,1-2H3. The molecule has 4 nitrogen and oxygen atoms in total. The van der Waals surface area contributed by atoms with Gasteiger partial charge in [0.15, 0.2) is 0 Å². The number of benzene rings is 2. The maximum absolute atomic E-state index is 5.34. The van der Waals surface area contributed by atoms with Gasteiger partial charge in [0.05, 0.1) is 32.2 Å². The fourth-order valence-corrected chi connectivity index (χ4v) is 3.45. The van der Waals surface area contributed by atoms with Crippen LogP contribution in [0, 0.1) is 5.92 Å². The van der Waals surface area contributed by atoms with Crippen LogP contribution in [-0.4, -0.2) is 26.5 Å². The van der Waals surface area contributed by atoms with Crippen molar-refractivity contribution < 1.29 is 9.47 Å². The van der Waals surface area contributed by atoms with Gasteiger partial charge in [0.1, 0.15) is 11.5 Å². The molecule has 0 fully saturated rings. The van der Waals surface area contributed by atoms with E-state index in [4.69, 9.17) is 14.6 Å². The molecule has 0 spiro atoms. The van der Waals surface area contributed by atoms with Crippen molar-refractivity contribution in [2.45, 2.75) is 12.8 Å². The van der Waals surface area contributed by atoms with Gasteiger partial charge in [-0.2, -0.15) is 5.10 Å². The minimum absolute atomic E-state index is 0.512. The number of ether oxygens (including phenoxy) is 2. The van der Waals surface area contributed by atoms with Gasteiger partial charge in [0, 0.05) is 11.5 Å². The Hall–Kier alpha value is -2.49. The van der Waals surface area contributed by atoms with Crippen molar-refractivity contribution in [3.63, 3.8) is 0 Å². The lowest BCUT2D eigenvalue weighted by Crippen LogP contribution is -2.24. The molecule has 0 bridgehead atoms. The third-order valence-corrected chi connectivity index (χ3v) is 4.73. The molecule has 23 heavy (non-hydrogen) atoms. The molecule has 0 radical (unpaired) electrons. The molecule has 0 amide bonds. The van der Waals surface area contributed by atoms with Crippen molar-refractivity contribution in [2.24, 2.45) is 11.0 Å². The minimum atomic E-state index is 0.512. The molecular weight excluding hydrogens is 288 g/mol. The number of methoxy groups -OCH3 is 2. The minimum Gasteiger partial charge on any atom is -0.497 e. The van der Waals surface area contributed by atoms with Gasteiger partial charge in [-0.15, -0.1) is 0 Å². The van der Waals surface area contributed by atoms with E-state index in [9.17, 15) is 0 Å². The van der Waals surface area contributed by atoms with Gasteiger partial charge in [-0.25, -0.2) is 0 Å². The zero-order valence-electron chi connectivity index (χ0n) is 13.5. The Morgan fingerprint density at radius 2 is 1.74 bits per heavy atom. The average Bonchev–Trinajstić information content (AvgIpc) is 3.06. The van der Waals surface area contributed by atoms with E-state index in [1.165, 1.54) is 16.8 Å². The van der Waals surface area contributed by atoms with Crippen LogP contribution in [0.1, 0.15) is 17.5 Å². The molecule has 118 valence electrons. The highest BCUT2D eigenvalue weighted by atomic mass is 16.5. The molecule has 2 aromatic rings. The van der Waals surface area contributed by atoms with E-state index < -0.39 is 0 Å². The normalized spacial score (nSPS) is 19.0. The van der Waals surface area contributed by atoms with Crippen LogP contribution < -0.4 is 14.5 Å². The zero-order chi connectivity index (χ0) is 15.8. The molecular formula is C19H20N2O2. The van der Waals surface area contributed by atoms with Gasteiger partial charge in [0.25, 0.3) is 0 Å². The van der Waals surface area contributed by atoms with Gasteiger partial charge < -0.3 is 9.47 Å². The van der Waals surface area contributed by atoms with E-state index in [2.05, 4.69) is 29.3 Å². The quantitative estimate of drug-likeness (QED) is 0.870. The van der Waals surface area contributed by atoms with E-state index >= 15 is 0 Å². The molecule has 4 heteroatoms. The number of nitrogens with zero attached hydrogens (tertiary/aromatic N) is 2. The maximum atomic E-state index is 5.34. The third-order valence-electron chi connectivity index (χ3n) is 4.73. The second-order valence-electron chi connectivity index (χ2n) is 6.02. The van der Waals surface area contributed by atoms with Gasteiger partial charge >= 0.3 is 0 Å². The summed E-state index contributed by atoms with van der Waals surface area (Å²) in [5, 5.41) is 7.01. The summed E-state index contributed by atoms with van der Waals surface area (Å²) < 4.78 is 10.6. The Labute approximate surface area is 136 Å². The number of hydrazone groups is 1. The van der Waals surface area contributed by atoms with Crippen molar-refractivity contribution in [3.8, 4) is 11.5 Å². The first-order chi connectivity index (χ1) is 11.3. The second kappa shape index (κ2) is 5.61. The number of hydrogen-bond donors (Lipinski definition) is 0. The fraction of sp³-hybridized carbons (Fsp3) is 0.316. The van der Waals surface area contributed by atoms with Gasteiger partial charge in [-0.1, -0.05) is 0 Å². The molecule has 1 aliphatic carbocycles. The lowest BCUT2D eigenvalue weighted by Gasteiger charge is -2.22. The van der Waals surface area contributed by atoms with E-state index in [1.807, 2.05) is 18.2 Å². The first kappa shape index (κ1) is 14.1. The molecule has 1 heterocycles. The summed E-state index contributed by atoms with van der Waals surface area (Å²) in [5.41, 5.74) is 4.95. The van der Waals surface area contributed by atoms with Crippen LogP contribution in [0.25, 0.3) is 0 Å². The van der Waals surface area contributed by atoms with Gasteiger partial charge in [-0.3, -0.25) is 5.01 Å². The van der Waals surface area contributed by atoms with Crippen molar-refractivity contribution in [1.82, 2.24) is 0 Å². The largest absolute Gasteiger partial charge is 0.497 e. The molecule has 1 atom stereocenters. The summed E-state index contributed by atoms with van der Waals surface area (Å²) in [6.07, 6.45) is 2.23. The number of hydrogen-bond acceptors (Lipinski definition) is 4. The molecule has 2 aromatic carbocycles. The Kier molecular flexibility index (Phi) is 3.45. The lowest BCUT2D eigenvalue weighted by atomic mass is 9.82. The van der Waals surface area contributed by atoms with Crippen molar-refractivity contribution in [1.29, 1.82) is 0 Å². The lowest BCUT2D eigenvalue weighted by molar-refractivity contribution is 0.414. The third kappa shape index (κ3) is 2.44. The Morgan fingerprint density at radius 1 is 1.00 bits per heavy atom. The predicted molar refractivity (Wildman–Crippen MR) is 91.7 cm³/mol. The summed E-state index contributed by atoms with van der Waals surface area (Å²) in [6.45, 7) is 0.952. The van der Waals surface area contributed by atoms with Crippen LogP contribution in [0.2, 0.25) is 0 Å². The summed E-state index contributed by atoms with van der Waals surface area (Å²) in [7, 11) is 3.40. The Balaban J connectivity index is 1.66. The molecule has 0 saturated carbocycles. The Morgan fingerprint density at radius 3 is 2.48 bits per heavy atom. The predicted octanol–water partition coefficient (Wildman–Crippen LogP) is 3.49. The summed E-state index contributed by atoms with van der Waals surface area (Å²) in [4.78, 5) is 0. The highest BCUT2D eigenvalue weighted by molar-refractivity contribution is 6.06. The van der Waals surface area contributed by atoms with Crippen molar-refractivity contribution in [3.05, 3.63) is 53.6 Å². The molecule has 0 saturated heterocycles. The van der Waals surface area contributed by atoms with Crippen LogP contribution in [0.15, 0.2) is 47.6 Å². The van der Waals surface area contributed by atoms with E-state index in [0.717, 1.165) is 36.6 Å². The van der Waals surface area contributed by atoms with E-state index in [0.29, 0.717) is 5.92 Å². The zero-order valence-corrected chi connectivity index (χ0v) is 13.5. The smallest absolute Gasteiger partial charge is 0.119 e. The molecule has 1 aliphatic heterocycles. The summed E-state index contributed by atoms with van der Waals surface area (Å²) in [5.74, 6) is 2.31. The summed E-state index contributed by atoms with van der Waals surface area (Å²) in [6, 6.07) is 14.4. The first-order valence-electron chi connectivity index (χ1n) is 7.96. The number of rotatable bonds is 3. The van der Waals surface area contributed by atoms with Gasteiger partial charge in [0.2, 0.25) is 0 Å². The molecule has 0 aromatic heterocycles. The van der Waals surface area contributed by atoms with Gasteiger partial charge in [-0.05, 0) is 60.9 Å². The molecule has 0 N–H and O–H groups in total. The molecule has 1 unspecified atom stereocenters. The van der Waals surface area contributed by atoms with Crippen LogP contribution >= 0.6 is 0 Å². The topological polar surface area (TPSA) is 34.1 Å². The monoisotopic (exact) mass is 308 g/mol. The van der Waals surface area contributed by atoms with Crippen LogP contribution in [0.5, 0.6) is 11.5 Å². The Bertz CT molecular complexity index is 752. The van der Waals surface area contributed by atoms with Crippen LogP contribution in [0.3, 0.4) is 0 Å². The van der Waals surface area contributed by atoms with Crippen LogP contribution in [-0.2, 0) is 6.42 Å². The second-order valence-corrected chi connectivity index (χ2v) is 6.02. The maximum Gasteiger partial charge on any atom is 0.119 e. The molecule has 2 aliphatic rings. The van der Waals surface area contributed by atoms with Crippen molar-refractivity contribution >= 4 is 11.4 Å². The average molecular weight is 308 g/mol. The van der Waals surface area contributed by atoms with Crippen molar-refractivity contribution in [2.75, 3.05) is 25.8 Å². The number of fused-ring (bicyclic) bond motifs is 3.